The van der Waals surface area contributed by atoms with Gasteiger partial charge in [-0.2, -0.15) is 0 Å². The number of benzene rings is 1. The number of aromatic nitrogens is 3. The van der Waals surface area contributed by atoms with Gasteiger partial charge in [-0.3, -0.25) is 4.90 Å². The summed E-state index contributed by atoms with van der Waals surface area (Å²) in [5.74, 6) is 3.10. The van der Waals surface area contributed by atoms with Crippen LogP contribution in [0.15, 0.2) is 47.6 Å². The highest BCUT2D eigenvalue weighted by Crippen LogP contribution is 2.31. The van der Waals surface area contributed by atoms with Crippen LogP contribution in [-0.2, 0) is 19.6 Å². The standard InChI is InChI=1S/C19H23ClN4O2S/c1-4-7-24-18(21-22-19(24)27-13-14(2)20)12-23(3)11-15-5-6-16-17(10-15)26-9-8-25-16/h4-6,10H,1-2,7-9,11-13H2,3H3. The van der Waals surface area contributed by atoms with Crippen LogP contribution in [0, 0.1) is 0 Å². The lowest BCUT2D eigenvalue weighted by molar-refractivity contribution is 0.171. The van der Waals surface area contributed by atoms with Gasteiger partial charge in [0.1, 0.15) is 19.0 Å². The molecule has 0 amide bonds. The molecule has 0 saturated heterocycles. The molecule has 0 fully saturated rings. The Kier molecular flexibility index (Phi) is 6.82. The molecule has 27 heavy (non-hydrogen) atoms. The van der Waals surface area contributed by atoms with E-state index < -0.39 is 0 Å². The van der Waals surface area contributed by atoms with Gasteiger partial charge in [-0.25, -0.2) is 0 Å². The summed E-state index contributed by atoms with van der Waals surface area (Å²) in [5, 5.41) is 10.0. The van der Waals surface area contributed by atoms with Gasteiger partial charge in [-0.05, 0) is 24.7 Å². The number of thioether (sulfide) groups is 1. The summed E-state index contributed by atoms with van der Waals surface area (Å²) in [7, 11) is 2.05. The molecule has 0 spiro atoms. The fourth-order valence-corrected chi connectivity index (χ4v) is 3.68. The SMILES string of the molecule is C=CCn1c(CN(C)Cc2ccc3c(c2)OCCO3)nnc1SCC(=C)Cl. The van der Waals surface area contributed by atoms with E-state index in [4.69, 9.17) is 21.1 Å². The summed E-state index contributed by atoms with van der Waals surface area (Å²) in [5.41, 5.74) is 1.16. The van der Waals surface area contributed by atoms with Gasteiger partial charge in [0.05, 0.1) is 6.54 Å². The van der Waals surface area contributed by atoms with Crippen LogP contribution >= 0.6 is 23.4 Å². The molecule has 8 heteroatoms. The number of rotatable bonds is 9. The first-order chi connectivity index (χ1) is 13.1. The molecule has 0 radical (unpaired) electrons. The Morgan fingerprint density at radius 3 is 2.81 bits per heavy atom. The van der Waals surface area contributed by atoms with E-state index in [9.17, 15) is 0 Å². The predicted molar refractivity (Wildman–Crippen MR) is 109 cm³/mol. The molecule has 2 heterocycles. The van der Waals surface area contributed by atoms with Gasteiger partial charge in [-0.1, -0.05) is 42.1 Å². The zero-order chi connectivity index (χ0) is 19.2. The summed E-state index contributed by atoms with van der Waals surface area (Å²) in [6.45, 7) is 10.8. The van der Waals surface area contributed by atoms with Gasteiger partial charge < -0.3 is 14.0 Å². The Balaban J connectivity index is 1.67. The van der Waals surface area contributed by atoms with E-state index >= 15 is 0 Å². The number of ether oxygens (including phenoxy) is 2. The summed E-state index contributed by atoms with van der Waals surface area (Å²) >= 11 is 7.39. The molecule has 0 N–H and O–H groups in total. The molecular weight excluding hydrogens is 384 g/mol. The topological polar surface area (TPSA) is 52.4 Å². The van der Waals surface area contributed by atoms with Gasteiger partial charge in [0.2, 0.25) is 0 Å². The van der Waals surface area contributed by atoms with E-state index in [2.05, 4.69) is 45.9 Å². The minimum absolute atomic E-state index is 0.588. The molecule has 0 bridgehead atoms. The van der Waals surface area contributed by atoms with E-state index in [1.807, 2.05) is 18.2 Å². The average Bonchev–Trinajstić information content (AvgIpc) is 3.01. The second kappa shape index (κ2) is 9.30. The molecule has 144 valence electrons. The average molecular weight is 407 g/mol. The molecule has 3 rings (SSSR count). The van der Waals surface area contributed by atoms with E-state index in [-0.39, 0.29) is 0 Å². The lowest BCUT2D eigenvalue weighted by atomic mass is 10.2. The third-order valence-electron chi connectivity index (χ3n) is 3.93. The number of allylic oxidation sites excluding steroid dienone is 1. The lowest BCUT2D eigenvalue weighted by Gasteiger charge is -2.21. The lowest BCUT2D eigenvalue weighted by Crippen LogP contribution is -2.21. The number of halogens is 1. The normalized spacial score (nSPS) is 13.0. The maximum atomic E-state index is 5.87. The number of hydrogen-bond acceptors (Lipinski definition) is 6. The Hall–Kier alpha value is -1.96. The van der Waals surface area contributed by atoms with Crippen LogP contribution in [0.5, 0.6) is 11.5 Å². The Morgan fingerprint density at radius 1 is 1.30 bits per heavy atom. The maximum absolute atomic E-state index is 5.87. The van der Waals surface area contributed by atoms with Gasteiger partial charge in [-0.15, -0.1) is 16.8 Å². The number of nitrogens with zero attached hydrogens (tertiary/aromatic N) is 4. The zero-order valence-corrected chi connectivity index (χ0v) is 16.9. The molecule has 6 nitrogen and oxygen atoms in total. The van der Waals surface area contributed by atoms with Crippen LogP contribution in [0.25, 0.3) is 0 Å². The van der Waals surface area contributed by atoms with Crippen molar-refractivity contribution in [2.45, 2.75) is 24.8 Å². The van der Waals surface area contributed by atoms with Crippen molar-refractivity contribution in [3.63, 3.8) is 0 Å². The van der Waals surface area contributed by atoms with Crippen LogP contribution in [0.3, 0.4) is 0 Å². The summed E-state index contributed by atoms with van der Waals surface area (Å²) in [6, 6.07) is 6.06. The van der Waals surface area contributed by atoms with Gasteiger partial charge in [0.25, 0.3) is 0 Å². The summed E-state index contributed by atoms with van der Waals surface area (Å²) < 4.78 is 13.3. The highest BCUT2D eigenvalue weighted by atomic mass is 35.5. The van der Waals surface area contributed by atoms with Crippen LogP contribution in [0.2, 0.25) is 0 Å². The highest BCUT2D eigenvalue weighted by Gasteiger charge is 2.16. The Morgan fingerprint density at radius 2 is 2.07 bits per heavy atom. The monoisotopic (exact) mass is 406 g/mol. The predicted octanol–water partition coefficient (Wildman–Crippen LogP) is 3.71. The molecule has 1 aliphatic rings. The molecule has 0 aliphatic carbocycles. The molecule has 2 aromatic rings. The first-order valence-electron chi connectivity index (χ1n) is 8.63. The summed E-state index contributed by atoms with van der Waals surface area (Å²) in [6.07, 6.45) is 1.84. The molecule has 0 saturated carbocycles. The van der Waals surface area contributed by atoms with Crippen molar-refractivity contribution in [2.75, 3.05) is 26.0 Å². The van der Waals surface area contributed by atoms with Gasteiger partial charge in [0, 0.05) is 23.9 Å². The van der Waals surface area contributed by atoms with Crippen LogP contribution in [-0.4, -0.2) is 45.7 Å². The van der Waals surface area contributed by atoms with Crippen molar-refractivity contribution in [3.05, 3.63) is 53.9 Å². The minimum Gasteiger partial charge on any atom is -0.486 e. The second-order valence-corrected chi connectivity index (χ2v) is 7.73. The second-order valence-electron chi connectivity index (χ2n) is 6.25. The molecule has 0 atom stereocenters. The maximum Gasteiger partial charge on any atom is 0.191 e. The van der Waals surface area contributed by atoms with Crippen molar-refractivity contribution in [3.8, 4) is 11.5 Å². The van der Waals surface area contributed by atoms with Crippen LogP contribution < -0.4 is 9.47 Å². The Bertz CT molecular complexity index is 824. The Labute approximate surface area is 168 Å². The fraction of sp³-hybridized carbons (Fsp3) is 0.368. The third-order valence-corrected chi connectivity index (χ3v) is 5.28. The fourth-order valence-electron chi connectivity index (χ4n) is 2.79. The van der Waals surface area contributed by atoms with Crippen molar-refractivity contribution in [1.29, 1.82) is 0 Å². The van der Waals surface area contributed by atoms with E-state index in [0.717, 1.165) is 34.6 Å². The molecule has 1 aliphatic heterocycles. The molecule has 1 aromatic carbocycles. The van der Waals surface area contributed by atoms with Crippen molar-refractivity contribution in [2.24, 2.45) is 0 Å². The molecule has 1 aromatic heterocycles. The van der Waals surface area contributed by atoms with Crippen LogP contribution in [0.1, 0.15) is 11.4 Å². The first kappa shape index (κ1) is 19.8. The number of fused-ring (bicyclic) bond motifs is 1. The van der Waals surface area contributed by atoms with Gasteiger partial charge in [0.15, 0.2) is 16.7 Å². The molecular formula is C19H23ClN4O2S. The smallest absolute Gasteiger partial charge is 0.191 e. The molecule has 0 unspecified atom stereocenters. The number of hydrogen-bond donors (Lipinski definition) is 0. The van der Waals surface area contributed by atoms with Crippen molar-refractivity contribution >= 4 is 23.4 Å². The largest absolute Gasteiger partial charge is 0.486 e. The minimum atomic E-state index is 0.588. The van der Waals surface area contributed by atoms with Crippen molar-refractivity contribution in [1.82, 2.24) is 19.7 Å². The third kappa shape index (κ3) is 5.28. The summed E-state index contributed by atoms with van der Waals surface area (Å²) in [4.78, 5) is 2.18. The quantitative estimate of drug-likeness (QED) is 0.467. The van der Waals surface area contributed by atoms with Crippen molar-refractivity contribution < 1.29 is 9.47 Å². The zero-order valence-electron chi connectivity index (χ0n) is 15.4. The van der Waals surface area contributed by atoms with Crippen LogP contribution in [0.4, 0.5) is 0 Å². The van der Waals surface area contributed by atoms with E-state index in [1.165, 1.54) is 11.8 Å². The highest BCUT2D eigenvalue weighted by molar-refractivity contribution is 7.99. The first-order valence-corrected chi connectivity index (χ1v) is 9.99. The van der Waals surface area contributed by atoms with Gasteiger partial charge >= 0.3 is 0 Å². The van der Waals surface area contributed by atoms with E-state index in [1.54, 1.807) is 0 Å². The van der Waals surface area contributed by atoms with E-state index in [0.29, 0.717) is 37.1 Å².